The lowest BCUT2D eigenvalue weighted by Crippen LogP contribution is -2.36. The summed E-state index contributed by atoms with van der Waals surface area (Å²) in [7, 11) is -4.05. The summed E-state index contributed by atoms with van der Waals surface area (Å²) in [5.41, 5.74) is 5.95. The maximum Gasteiger partial charge on any atom is 0.459 e. The molecule has 0 bridgehead atoms. The number of hydrogen-bond acceptors (Lipinski definition) is 10. The molecule has 0 fully saturated rings. The van der Waals surface area contributed by atoms with Crippen LogP contribution in [0.1, 0.15) is 33.2 Å². The molecule has 1 aliphatic rings. The number of fused-ring (bicyclic) bond motifs is 1. The maximum atomic E-state index is 13.7. The van der Waals surface area contributed by atoms with E-state index in [0.29, 0.717) is 6.42 Å². The SMILES string of the molecule is CC(C)OC(=O)[C@H](C)N[P@](=O)(OC[C@@H]1C=C[C@H](n2cnc3c(OCC(F)(F)F)nc(N)nc32)C1)Oc1ccccc1. The highest BCUT2D eigenvalue weighted by molar-refractivity contribution is 7.52. The average Bonchev–Trinajstić information content (AvgIpc) is 3.53. The Hall–Kier alpha value is -3.68. The normalized spacial score (nSPS) is 19.3. The summed E-state index contributed by atoms with van der Waals surface area (Å²) in [6, 6.07) is 7.06. The van der Waals surface area contributed by atoms with Gasteiger partial charge in [-0.2, -0.15) is 28.2 Å². The molecule has 3 aromatic rings. The van der Waals surface area contributed by atoms with E-state index in [2.05, 4.69) is 20.0 Å². The van der Waals surface area contributed by atoms with E-state index in [-0.39, 0.29) is 53.4 Å². The van der Waals surface area contributed by atoms with Gasteiger partial charge in [-0.15, -0.1) is 0 Å². The van der Waals surface area contributed by atoms with Gasteiger partial charge in [0.25, 0.3) is 0 Å². The molecule has 1 aliphatic carbocycles. The Labute approximate surface area is 233 Å². The van der Waals surface area contributed by atoms with E-state index in [9.17, 15) is 22.5 Å². The molecule has 2 heterocycles. The summed E-state index contributed by atoms with van der Waals surface area (Å²) in [6.45, 7) is 3.29. The van der Waals surface area contributed by atoms with Crippen LogP contribution >= 0.6 is 7.75 Å². The summed E-state index contributed by atoms with van der Waals surface area (Å²) in [6.07, 6.45) is 0.596. The number of nitrogens with zero attached hydrogens (tertiary/aromatic N) is 4. The minimum absolute atomic E-state index is 0.0313. The number of carbonyl (C=O) groups excluding carboxylic acids is 1. The van der Waals surface area contributed by atoms with Crippen molar-refractivity contribution in [3.05, 3.63) is 48.8 Å². The summed E-state index contributed by atoms with van der Waals surface area (Å²) in [4.78, 5) is 24.4. The molecule has 2 aromatic heterocycles. The highest BCUT2D eigenvalue weighted by Crippen LogP contribution is 2.46. The molecule has 222 valence electrons. The van der Waals surface area contributed by atoms with Crippen molar-refractivity contribution in [1.82, 2.24) is 24.6 Å². The maximum absolute atomic E-state index is 13.7. The number of alkyl halides is 3. The van der Waals surface area contributed by atoms with Crippen molar-refractivity contribution >= 4 is 30.8 Å². The van der Waals surface area contributed by atoms with Crippen LogP contribution in [0.4, 0.5) is 19.1 Å². The van der Waals surface area contributed by atoms with Gasteiger partial charge in [-0.05, 0) is 39.3 Å². The van der Waals surface area contributed by atoms with Crippen LogP contribution in [0, 0.1) is 5.92 Å². The van der Waals surface area contributed by atoms with Gasteiger partial charge >= 0.3 is 19.9 Å². The fourth-order valence-electron chi connectivity index (χ4n) is 4.01. The molecular formula is C25H30F3N6O6P. The van der Waals surface area contributed by atoms with Crippen molar-refractivity contribution < 1.29 is 41.1 Å². The largest absolute Gasteiger partial charge is 0.466 e. The number of carbonyl (C=O) groups is 1. The summed E-state index contributed by atoms with van der Waals surface area (Å²) in [5.74, 6) is -1.23. The number of aromatic nitrogens is 4. The molecule has 41 heavy (non-hydrogen) atoms. The fraction of sp³-hybridized carbons (Fsp3) is 0.440. The fourth-order valence-corrected chi connectivity index (χ4v) is 5.56. The van der Waals surface area contributed by atoms with Crippen molar-refractivity contribution in [3.8, 4) is 11.6 Å². The molecule has 16 heteroatoms. The number of hydrogen-bond donors (Lipinski definition) is 2. The highest BCUT2D eigenvalue weighted by atomic mass is 31.2. The summed E-state index contributed by atoms with van der Waals surface area (Å²) >= 11 is 0. The van der Waals surface area contributed by atoms with Gasteiger partial charge in [-0.1, -0.05) is 30.4 Å². The minimum atomic E-state index is -4.57. The van der Waals surface area contributed by atoms with E-state index in [1.165, 1.54) is 13.3 Å². The molecule has 0 unspecified atom stereocenters. The molecule has 0 amide bonds. The van der Waals surface area contributed by atoms with Gasteiger partial charge in [0.2, 0.25) is 11.8 Å². The standard InChI is InChI=1S/C25H30F3N6O6P/c1-15(2)39-23(35)16(3)33-41(36,40-19-7-5-4-6-8-19)38-12-17-9-10-18(11-17)34-14-30-20-21(34)31-24(29)32-22(20)37-13-25(26,27)28/h4-10,14-18H,11-13H2,1-3H3,(H,33,36)(H2,29,31,32)/t16-,17+,18-,41-/m0/s1. The van der Waals surface area contributed by atoms with Crippen molar-refractivity contribution in [2.75, 3.05) is 18.9 Å². The van der Waals surface area contributed by atoms with Crippen molar-refractivity contribution in [1.29, 1.82) is 0 Å². The van der Waals surface area contributed by atoms with Crippen LogP contribution in [0.2, 0.25) is 0 Å². The molecule has 4 rings (SSSR count). The lowest BCUT2D eigenvalue weighted by molar-refractivity contribution is -0.154. The molecule has 1 aromatic carbocycles. The molecular weight excluding hydrogens is 568 g/mol. The Balaban J connectivity index is 1.45. The Bertz CT molecular complexity index is 1430. The first kappa shape index (κ1) is 30.3. The number of anilines is 1. The Morgan fingerprint density at radius 1 is 1.20 bits per heavy atom. The van der Waals surface area contributed by atoms with Gasteiger partial charge in [-0.25, -0.2) is 9.55 Å². The topological polar surface area (TPSA) is 153 Å². The number of esters is 1. The first-order valence-electron chi connectivity index (χ1n) is 12.7. The molecule has 12 nitrogen and oxygen atoms in total. The number of nitrogens with two attached hydrogens (primary N) is 1. The number of para-hydroxylation sites is 1. The number of rotatable bonds is 12. The van der Waals surface area contributed by atoms with Gasteiger partial charge in [0, 0.05) is 5.92 Å². The Morgan fingerprint density at radius 3 is 2.61 bits per heavy atom. The predicted octanol–water partition coefficient (Wildman–Crippen LogP) is 4.60. The molecule has 0 spiro atoms. The number of ether oxygens (including phenoxy) is 2. The smallest absolute Gasteiger partial charge is 0.459 e. The van der Waals surface area contributed by atoms with Crippen LogP contribution < -0.4 is 20.1 Å². The van der Waals surface area contributed by atoms with Crippen LogP contribution in [0.3, 0.4) is 0 Å². The molecule has 4 atom stereocenters. The molecule has 0 saturated heterocycles. The second kappa shape index (κ2) is 12.5. The molecule has 0 radical (unpaired) electrons. The number of halogens is 3. The lowest BCUT2D eigenvalue weighted by Gasteiger charge is -2.24. The van der Waals surface area contributed by atoms with Crippen LogP contribution in [0.15, 0.2) is 48.8 Å². The van der Waals surface area contributed by atoms with E-state index in [1.54, 1.807) is 48.7 Å². The number of nitrogen functional groups attached to an aromatic ring is 1. The number of allylic oxidation sites excluding steroid dienone is 1. The summed E-state index contributed by atoms with van der Waals surface area (Å²) in [5, 5.41) is 2.64. The van der Waals surface area contributed by atoms with Crippen molar-refractivity contribution in [3.63, 3.8) is 0 Å². The van der Waals surface area contributed by atoms with Crippen LogP contribution in [-0.2, 0) is 18.6 Å². The van der Waals surface area contributed by atoms with E-state index in [4.69, 9.17) is 24.3 Å². The van der Waals surface area contributed by atoms with Gasteiger partial charge < -0.3 is 24.3 Å². The van der Waals surface area contributed by atoms with Crippen molar-refractivity contribution in [2.24, 2.45) is 5.92 Å². The second-order valence-corrected chi connectivity index (χ2v) is 11.3. The Kier molecular flexibility index (Phi) is 9.20. The highest BCUT2D eigenvalue weighted by Gasteiger charge is 2.35. The zero-order valence-corrected chi connectivity index (χ0v) is 23.3. The second-order valence-electron chi connectivity index (χ2n) is 9.60. The van der Waals surface area contributed by atoms with E-state index >= 15 is 0 Å². The first-order chi connectivity index (χ1) is 19.3. The summed E-state index contributed by atoms with van der Waals surface area (Å²) < 4.78 is 74.8. The third-order valence-electron chi connectivity index (χ3n) is 5.77. The predicted molar refractivity (Wildman–Crippen MR) is 142 cm³/mol. The van der Waals surface area contributed by atoms with Crippen LogP contribution in [-0.4, -0.2) is 57.0 Å². The third-order valence-corrected chi connectivity index (χ3v) is 7.41. The quantitative estimate of drug-likeness (QED) is 0.171. The van der Waals surface area contributed by atoms with Crippen LogP contribution in [0.25, 0.3) is 11.2 Å². The van der Waals surface area contributed by atoms with Gasteiger partial charge in [0.05, 0.1) is 25.1 Å². The number of imidazole rings is 1. The Morgan fingerprint density at radius 2 is 1.93 bits per heavy atom. The van der Waals surface area contributed by atoms with E-state index < -0.39 is 32.5 Å². The zero-order chi connectivity index (χ0) is 29.8. The average molecular weight is 599 g/mol. The van der Waals surface area contributed by atoms with E-state index in [1.807, 2.05) is 12.2 Å². The van der Waals surface area contributed by atoms with Gasteiger partial charge in [0.15, 0.2) is 17.8 Å². The van der Waals surface area contributed by atoms with Gasteiger partial charge in [-0.3, -0.25) is 9.32 Å². The first-order valence-corrected chi connectivity index (χ1v) is 14.2. The lowest BCUT2D eigenvalue weighted by atomic mass is 10.1. The molecule has 0 aliphatic heterocycles. The van der Waals surface area contributed by atoms with Gasteiger partial charge in [0.1, 0.15) is 11.8 Å². The molecule has 0 saturated carbocycles. The third kappa shape index (κ3) is 8.18. The monoisotopic (exact) mass is 598 g/mol. The van der Waals surface area contributed by atoms with E-state index in [0.717, 1.165) is 0 Å². The zero-order valence-electron chi connectivity index (χ0n) is 22.4. The van der Waals surface area contributed by atoms with Crippen molar-refractivity contribution in [2.45, 2.75) is 51.6 Å². The number of benzene rings is 1. The van der Waals surface area contributed by atoms with Crippen LogP contribution in [0.5, 0.6) is 11.6 Å². The molecule has 3 N–H and O–H groups in total. The minimum Gasteiger partial charge on any atom is -0.466 e. The number of nitrogens with one attached hydrogen (secondary N) is 1.